The van der Waals surface area contributed by atoms with Crippen molar-refractivity contribution in [2.45, 2.75) is 19.9 Å². The Balaban J connectivity index is 2.36. The molecule has 0 aromatic heterocycles. The van der Waals surface area contributed by atoms with Gasteiger partial charge in [-0.05, 0) is 37.6 Å². The van der Waals surface area contributed by atoms with Crippen molar-refractivity contribution in [2.24, 2.45) is 0 Å². The average Bonchev–Trinajstić information content (AvgIpc) is 2.42. The summed E-state index contributed by atoms with van der Waals surface area (Å²) in [5, 5.41) is 23.7. The Labute approximate surface area is 129 Å². The van der Waals surface area contributed by atoms with Crippen LogP contribution in [0.1, 0.15) is 24.1 Å². The van der Waals surface area contributed by atoms with E-state index in [1.807, 2.05) is 19.9 Å². The van der Waals surface area contributed by atoms with Crippen molar-refractivity contribution in [3.8, 4) is 17.2 Å². The average molecular weight is 308 g/mol. The lowest BCUT2D eigenvalue weighted by Crippen LogP contribution is -2.08. The third-order valence-corrected chi connectivity index (χ3v) is 3.75. The van der Waals surface area contributed by atoms with Crippen molar-refractivity contribution in [3.63, 3.8) is 0 Å². The van der Waals surface area contributed by atoms with Gasteiger partial charge < -0.3 is 20.3 Å². The normalized spacial score (nSPS) is 12.0. The van der Waals surface area contributed by atoms with Crippen LogP contribution in [0.25, 0.3) is 0 Å². The molecule has 3 N–H and O–H groups in total. The Morgan fingerprint density at radius 3 is 2.38 bits per heavy atom. The van der Waals surface area contributed by atoms with E-state index in [1.165, 1.54) is 12.1 Å². The summed E-state index contributed by atoms with van der Waals surface area (Å²) >= 11 is 6.08. The van der Waals surface area contributed by atoms with Crippen molar-refractivity contribution in [2.75, 3.05) is 12.4 Å². The molecule has 0 aliphatic heterocycles. The highest BCUT2D eigenvalue weighted by atomic mass is 35.5. The van der Waals surface area contributed by atoms with E-state index in [2.05, 4.69) is 5.32 Å². The van der Waals surface area contributed by atoms with Gasteiger partial charge >= 0.3 is 0 Å². The minimum atomic E-state index is -0.305. The predicted octanol–water partition coefficient (Wildman–Crippen LogP) is 4.24. The summed E-state index contributed by atoms with van der Waals surface area (Å²) in [5.74, 6) is 0.687. The van der Waals surface area contributed by atoms with Gasteiger partial charge in [0.25, 0.3) is 0 Å². The first kappa shape index (κ1) is 15.3. The zero-order valence-corrected chi connectivity index (χ0v) is 12.9. The van der Waals surface area contributed by atoms with E-state index in [1.54, 1.807) is 19.2 Å². The Morgan fingerprint density at radius 2 is 1.81 bits per heavy atom. The molecule has 21 heavy (non-hydrogen) atoms. The molecule has 0 saturated carbocycles. The molecule has 0 radical (unpaired) electrons. The first-order chi connectivity index (χ1) is 9.93. The van der Waals surface area contributed by atoms with Crippen LogP contribution in [0, 0.1) is 6.92 Å². The maximum atomic E-state index is 9.91. The van der Waals surface area contributed by atoms with Crippen molar-refractivity contribution < 1.29 is 14.9 Å². The molecule has 4 nitrogen and oxygen atoms in total. The number of nitrogens with one attached hydrogen (secondary N) is 1. The van der Waals surface area contributed by atoms with Gasteiger partial charge in [0.05, 0.1) is 24.4 Å². The maximum Gasteiger partial charge on any atom is 0.143 e. The molecule has 112 valence electrons. The summed E-state index contributed by atoms with van der Waals surface area (Å²) in [7, 11) is 1.56. The topological polar surface area (TPSA) is 61.7 Å². The van der Waals surface area contributed by atoms with E-state index in [0.29, 0.717) is 16.3 Å². The number of halogens is 1. The number of anilines is 1. The van der Waals surface area contributed by atoms with E-state index >= 15 is 0 Å². The van der Waals surface area contributed by atoms with Gasteiger partial charge in [-0.25, -0.2) is 0 Å². The van der Waals surface area contributed by atoms with Crippen LogP contribution in [0.2, 0.25) is 5.02 Å². The molecule has 0 aliphatic carbocycles. The third-order valence-electron chi connectivity index (χ3n) is 3.35. The number of phenols is 2. The summed E-state index contributed by atoms with van der Waals surface area (Å²) in [5.41, 5.74) is 2.09. The van der Waals surface area contributed by atoms with Gasteiger partial charge in [-0.2, -0.15) is 0 Å². The fourth-order valence-corrected chi connectivity index (χ4v) is 2.39. The van der Waals surface area contributed by atoms with E-state index in [9.17, 15) is 10.2 Å². The number of rotatable bonds is 4. The molecule has 0 spiro atoms. The molecule has 1 unspecified atom stereocenters. The predicted molar refractivity (Wildman–Crippen MR) is 84.6 cm³/mol. The van der Waals surface area contributed by atoms with Crippen LogP contribution in [-0.4, -0.2) is 17.3 Å². The van der Waals surface area contributed by atoms with Crippen LogP contribution in [-0.2, 0) is 0 Å². The minimum Gasteiger partial charge on any atom is -0.507 e. The number of benzene rings is 2. The van der Waals surface area contributed by atoms with Gasteiger partial charge in [-0.3, -0.25) is 0 Å². The van der Waals surface area contributed by atoms with Crippen LogP contribution in [0.15, 0.2) is 30.3 Å². The molecule has 1 atom stereocenters. The summed E-state index contributed by atoms with van der Waals surface area (Å²) in [4.78, 5) is 0. The number of aromatic hydroxyl groups is 2. The van der Waals surface area contributed by atoms with Gasteiger partial charge in [0, 0.05) is 11.1 Å². The zero-order valence-electron chi connectivity index (χ0n) is 12.1. The number of hydrogen-bond donors (Lipinski definition) is 3. The Morgan fingerprint density at radius 1 is 1.19 bits per heavy atom. The Hall–Kier alpha value is -2.07. The summed E-state index contributed by atoms with van der Waals surface area (Å²) < 4.78 is 5.31. The molecule has 2 aromatic rings. The smallest absolute Gasteiger partial charge is 0.143 e. The van der Waals surface area contributed by atoms with Crippen molar-refractivity contribution in [1.29, 1.82) is 0 Å². The van der Waals surface area contributed by atoms with Crippen LogP contribution >= 0.6 is 11.6 Å². The zero-order chi connectivity index (χ0) is 15.6. The van der Waals surface area contributed by atoms with E-state index in [-0.39, 0.29) is 17.5 Å². The number of ether oxygens (including phenoxy) is 1. The van der Waals surface area contributed by atoms with Crippen LogP contribution in [0.5, 0.6) is 17.2 Å². The molecular formula is C16H18ClNO3. The molecule has 0 bridgehead atoms. The van der Waals surface area contributed by atoms with Gasteiger partial charge in [0.2, 0.25) is 0 Å². The maximum absolute atomic E-state index is 9.91. The Bertz CT molecular complexity index is 638. The number of hydrogen-bond acceptors (Lipinski definition) is 4. The number of phenolic OH excluding ortho intramolecular Hbond substituents is 2. The van der Waals surface area contributed by atoms with Gasteiger partial charge in [0.1, 0.15) is 17.2 Å². The molecule has 5 heteroatoms. The highest BCUT2D eigenvalue weighted by Gasteiger charge is 2.17. The number of aryl methyl sites for hydroxylation is 1. The van der Waals surface area contributed by atoms with E-state index in [0.717, 1.165) is 11.3 Å². The molecule has 2 aromatic carbocycles. The summed E-state index contributed by atoms with van der Waals surface area (Å²) in [6.07, 6.45) is 0. The first-order valence-corrected chi connectivity index (χ1v) is 6.93. The highest BCUT2D eigenvalue weighted by molar-refractivity contribution is 6.31. The third kappa shape index (κ3) is 3.16. The standard InChI is InChI=1S/C16H18ClNO3/c1-9-7-12(15(21-3)8-11(9)17)18-10(2)16-13(19)5-4-6-14(16)20/h4-8,10,18-20H,1-3H3. The molecule has 2 rings (SSSR count). The molecule has 0 fully saturated rings. The summed E-state index contributed by atoms with van der Waals surface area (Å²) in [6, 6.07) is 7.97. The lowest BCUT2D eigenvalue weighted by Gasteiger charge is -2.20. The van der Waals surface area contributed by atoms with Crippen LogP contribution in [0.3, 0.4) is 0 Å². The lowest BCUT2D eigenvalue weighted by atomic mass is 10.0. The quantitative estimate of drug-likeness (QED) is 0.790. The minimum absolute atomic E-state index is 0.0413. The second-order valence-corrected chi connectivity index (χ2v) is 5.28. The van der Waals surface area contributed by atoms with Crippen molar-refractivity contribution in [1.82, 2.24) is 0 Å². The molecule has 0 saturated heterocycles. The second-order valence-electron chi connectivity index (χ2n) is 4.88. The van der Waals surface area contributed by atoms with Gasteiger partial charge in [-0.1, -0.05) is 17.7 Å². The number of methoxy groups -OCH3 is 1. The van der Waals surface area contributed by atoms with Crippen LogP contribution < -0.4 is 10.1 Å². The second kappa shape index (κ2) is 6.14. The van der Waals surface area contributed by atoms with Gasteiger partial charge in [-0.15, -0.1) is 0 Å². The molecule has 0 heterocycles. The lowest BCUT2D eigenvalue weighted by molar-refractivity contribution is 0.415. The molecular weight excluding hydrogens is 290 g/mol. The van der Waals surface area contributed by atoms with E-state index in [4.69, 9.17) is 16.3 Å². The van der Waals surface area contributed by atoms with Crippen molar-refractivity contribution in [3.05, 3.63) is 46.5 Å². The van der Waals surface area contributed by atoms with Gasteiger partial charge in [0.15, 0.2) is 0 Å². The SMILES string of the molecule is COc1cc(Cl)c(C)cc1NC(C)c1c(O)cccc1O. The molecule has 0 aliphatic rings. The monoisotopic (exact) mass is 307 g/mol. The van der Waals surface area contributed by atoms with E-state index < -0.39 is 0 Å². The Kier molecular flexibility index (Phi) is 4.48. The highest BCUT2D eigenvalue weighted by Crippen LogP contribution is 2.37. The summed E-state index contributed by atoms with van der Waals surface area (Å²) in [6.45, 7) is 3.74. The first-order valence-electron chi connectivity index (χ1n) is 6.55. The largest absolute Gasteiger partial charge is 0.507 e. The molecule has 0 amide bonds. The van der Waals surface area contributed by atoms with Crippen molar-refractivity contribution >= 4 is 17.3 Å². The fraction of sp³-hybridized carbons (Fsp3) is 0.250. The van der Waals surface area contributed by atoms with Crippen LogP contribution in [0.4, 0.5) is 5.69 Å². The fourth-order valence-electron chi connectivity index (χ4n) is 2.24.